The second kappa shape index (κ2) is 8.35. The Bertz CT molecular complexity index is 1020. The van der Waals surface area contributed by atoms with Crippen LogP contribution in [0.15, 0.2) is 53.3 Å². The van der Waals surface area contributed by atoms with Gasteiger partial charge in [0.2, 0.25) is 0 Å². The average Bonchev–Trinajstić information content (AvgIpc) is 2.67. The number of fused-ring (bicyclic) bond motifs is 1. The summed E-state index contributed by atoms with van der Waals surface area (Å²) in [4.78, 5) is 30.0. The number of nitrogens with zero attached hydrogens (tertiary/aromatic N) is 2. The van der Waals surface area contributed by atoms with Gasteiger partial charge in [0.1, 0.15) is 0 Å². The van der Waals surface area contributed by atoms with Gasteiger partial charge in [0.25, 0.3) is 5.56 Å². The summed E-state index contributed by atoms with van der Waals surface area (Å²) >= 11 is 6.01. The Morgan fingerprint density at radius 1 is 1.19 bits per heavy atom. The van der Waals surface area contributed by atoms with E-state index >= 15 is 0 Å². The molecule has 0 aliphatic carbocycles. The lowest BCUT2D eigenvalue weighted by molar-refractivity contribution is -0.126. The van der Waals surface area contributed by atoms with Crippen molar-refractivity contribution < 1.29 is 9.53 Å². The molecule has 1 heterocycles. The largest absolute Gasteiger partial charge is 0.448 e. The van der Waals surface area contributed by atoms with Crippen LogP contribution in [0.4, 0.5) is 0 Å². The van der Waals surface area contributed by atoms with Crippen molar-refractivity contribution in [3.63, 3.8) is 0 Å². The van der Waals surface area contributed by atoms with Crippen LogP contribution in [0.3, 0.4) is 0 Å². The monoisotopic (exact) mass is 384 g/mol. The van der Waals surface area contributed by atoms with E-state index in [-0.39, 0.29) is 17.4 Å². The van der Waals surface area contributed by atoms with Crippen molar-refractivity contribution in [3.05, 3.63) is 69.5 Å². The summed E-state index contributed by atoms with van der Waals surface area (Å²) in [7, 11) is 0. The Hall–Kier alpha value is -2.66. The molecule has 0 saturated heterocycles. The zero-order valence-electron chi connectivity index (χ0n) is 15.3. The van der Waals surface area contributed by atoms with E-state index in [1.165, 1.54) is 4.57 Å². The molecule has 3 aromatic rings. The molecule has 3 rings (SSSR count). The minimum atomic E-state index is -0.805. The zero-order chi connectivity index (χ0) is 19.4. The lowest BCUT2D eigenvalue weighted by Crippen LogP contribution is -2.26. The van der Waals surface area contributed by atoms with Crippen molar-refractivity contribution in [3.8, 4) is 6.01 Å². The second-order valence-electron chi connectivity index (χ2n) is 6.23. The number of Topliss-reactive ketones (excluding diaryl/α,β-unsaturated/α-hetero) is 1. The molecule has 2 aromatic carbocycles. The lowest BCUT2D eigenvalue weighted by atomic mass is 10.0. The van der Waals surface area contributed by atoms with Gasteiger partial charge in [-0.2, -0.15) is 4.98 Å². The number of halogens is 1. The maximum Gasteiger partial charge on any atom is 0.300 e. The summed E-state index contributed by atoms with van der Waals surface area (Å²) in [6.07, 6.45) is 0.301. The van der Waals surface area contributed by atoms with E-state index < -0.39 is 6.10 Å². The van der Waals surface area contributed by atoms with E-state index in [2.05, 4.69) is 4.98 Å². The lowest BCUT2D eigenvalue weighted by Gasteiger charge is -2.20. The molecule has 0 saturated carbocycles. The number of hydrogen-bond acceptors (Lipinski definition) is 4. The Balaban J connectivity index is 2.10. The minimum absolute atomic E-state index is 0.0446. The normalized spacial score (nSPS) is 12.1. The minimum Gasteiger partial charge on any atom is -0.448 e. The molecule has 5 nitrogen and oxygen atoms in total. The fraction of sp³-hybridized carbons (Fsp3) is 0.286. The highest BCUT2D eigenvalue weighted by Gasteiger charge is 2.24. The van der Waals surface area contributed by atoms with Crippen LogP contribution in [0.5, 0.6) is 6.01 Å². The van der Waals surface area contributed by atoms with Crippen LogP contribution in [-0.2, 0) is 11.3 Å². The number of rotatable bonds is 7. The molecule has 27 heavy (non-hydrogen) atoms. The maximum atomic E-state index is 12.8. The van der Waals surface area contributed by atoms with E-state index in [9.17, 15) is 9.59 Å². The molecule has 0 N–H and O–H groups in total. The SMILES string of the molecule is CCCC(=O)C(Oc1nc2ccc(Cl)cc2c(=O)n1CC)c1ccccc1. The number of carbonyl (C=O) groups excluding carboxylic acids is 1. The standard InChI is InChI=1S/C21H21ClN2O3/c1-3-8-18(25)19(14-9-6-5-7-10-14)27-21-23-17-12-11-15(22)13-16(17)20(26)24(21)4-2/h5-7,9-13,19H,3-4,8H2,1-2H3. The highest BCUT2D eigenvalue weighted by Crippen LogP contribution is 2.25. The fourth-order valence-electron chi connectivity index (χ4n) is 2.97. The van der Waals surface area contributed by atoms with E-state index in [4.69, 9.17) is 16.3 Å². The third-order valence-corrected chi connectivity index (χ3v) is 4.55. The van der Waals surface area contributed by atoms with Gasteiger partial charge in [-0.1, -0.05) is 48.9 Å². The third-order valence-electron chi connectivity index (χ3n) is 4.31. The number of ketones is 1. The zero-order valence-corrected chi connectivity index (χ0v) is 16.1. The molecule has 1 atom stereocenters. The first-order valence-electron chi connectivity index (χ1n) is 8.99. The van der Waals surface area contributed by atoms with Crippen molar-refractivity contribution in [1.29, 1.82) is 0 Å². The molecule has 0 fully saturated rings. The van der Waals surface area contributed by atoms with Gasteiger partial charge >= 0.3 is 6.01 Å². The Morgan fingerprint density at radius 2 is 1.93 bits per heavy atom. The first-order valence-corrected chi connectivity index (χ1v) is 9.37. The number of benzene rings is 2. The number of carbonyl (C=O) groups is 1. The summed E-state index contributed by atoms with van der Waals surface area (Å²) in [6.45, 7) is 4.14. The maximum absolute atomic E-state index is 12.8. The molecule has 140 valence electrons. The predicted molar refractivity (Wildman–Crippen MR) is 106 cm³/mol. The van der Waals surface area contributed by atoms with Crippen LogP contribution in [0.25, 0.3) is 10.9 Å². The van der Waals surface area contributed by atoms with Crippen LogP contribution in [0, 0.1) is 0 Å². The van der Waals surface area contributed by atoms with Gasteiger partial charge in [-0.15, -0.1) is 0 Å². The second-order valence-corrected chi connectivity index (χ2v) is 6.67. The number of aromatic nitrogens is 2. The summed E-state index contributed by atoms with van der Waals surface area (Å²) in [6, 6.07) is 14.4. The molecule has 1 aromatic heterocycles. The third kappa shape index (κ3) is 4.03. The van der Waals surface area contributed by atoms with Crippen molar-refractivity contribution in [2.75, 3.05) is 0 Å². The average molecular weight is 385 g/mol. The molecular formula is C21H21ClN2O3. The van der Waals surface area contributed by atoms with Gasteiger partial charge in [-0.05, 0) is 37.1 Å². The van der Waals surface area contributed by atoms with E-state index in [1.54, 1.807) is 18.2 Å². The highest BCUT2D eigenvalue weighted by atomic mass is 35.5. The molecule has 0 aliphatic rings. The van der Waals surface area contributed by atoms with Gasteiger partial charge in [-0.25, -0.2) is 0 Å². The summed E-state index contributed by atoms with van der Waals surface area (Å²) in [5.74, 6) is -0.0446. The number of ether oxygens (including phenoxy) is 1. The van der Waals surface area contributed by atoms with Crippen molar-refractivity contribution in [2.24, 2.45) is 0 Å². The molecule has 0 aliphatic heterocycles. The molecule has 0 radical (unpaired) electrons. The van der Waals surface area contributed by atoms with Gasteiger partial charge in [0, 0.05) is 18.0 Å². The van der Waals surface area contributed by atoms with Crippen LogP contribution < -0.4 is 10.3 Å². The van der Waals surface area contributed by atoms with Crippen LogP contribution in [0.2, 0.25) is 5.02 Å². The molecule has 0 spiro atoms. The summed E-state index contributed by atoms with van der Waals surface area (Å²) in [5.41, 5.74) is 0.984. The Kier molecular flexibility index (Phi) is 5.91. The van der Waals surface area contributed by atoms with Gasteiger partial charge in [0.15, 0.2) is 11.9 Å². The van der Waals surface area contributed by atoms with Crippen molar-refractivity contribution in [2.45, 2.75) is 39.3 Å². The Labute approximate surface area is 162 Å². The first-order chi connectivity index (χ1) is 13.0. The van der Waals surface area contributed by atoms with Crippen molar-refractivity contribution in [1.82, 2.24) is 9.55 Å². The van der Waals surface area contributed by atoms with Crippen LogP contribution in [0.1, 0.15) is 38.4 Å². The summed E-state index contributed by atoms with van der Waals surface area (Å²) < 4.78 is 7.45. The van der Waals surface area contributed by atoms with Gasteiger partial charge in [-0.3, -0.25) is 14.2 Å². The van der Waals surface area contributed by atoms with Crippen LogP contribution >= 0.6 is 11.6 Å². The number of hydrogen-bond donors (Lipinski definition) is 0. The summed E-state index contributed by atoms with van der Waals surface area (Å²) in [5, 5.41) is 0.894. The topological polar surface area (TPSA) is 61.2 Å². The highest BCUT2D eigenvalue weighted by molar-refractivity contribution is 6.31. The van der Waals surface area contributed by atoms with E-state index in [0.717, 1.165) is 12.0 Å². The van der Waals surface area contributed by atoms with E-state index in [1.807, 2.05) is 44.2 Å². The molecule has 0 bridgehead atoms. The van der Waals surface area contributed by atoms with Crippen LogP contribution in [-0.4, -0.2) is 15.3 Å². The molecule has 0 amide bonds. The predicted octanol–water partition coefficient (Wildman–Crippen LogP) is 4.56. The Morgan fingerprint density at radius 3 is 2.59 bits per heavy atom. The molecular weight excluding hydrogens is 364 g/mol. The smallest absolute Gasteiger partial charge is 0.300 e. The van der Waals surface area contributed by atoms with Gasteiger partial charge in [0.05, 0.1) is 10.9 Å². The molecule has 6 heteroatoms. The fourth-order valence-corrected chi connectivity index (χ4v) is 3.14. The first kappa shape index (κ1) is 19.1. The van der Waals surface area contributed by atoms with E-state index in [0.29, 0.717) is 28.9 Å². The van der Waals surface area contributed by atoms with Gasteiger partial charge < -0.3 is 4.74 Å². The van der Waals surface area contributed by atoms with Crippen molar-refractivity contribution >= 4 is 28.3 Å². The molecule has 1 unspecified atom stereocenters. The quantitative estimate of drug-likeness (QED) is 0.599.